The lowest BCUT2D eigenvalue weighted by molar-refractivity contribution is -0.123. The standard InChI is InChI=1S/C23H19FN2O2S2/c1-15-4-9-19-18(13-15)23(22(28)25(19)14-16-5-7-17(24)8-6-16)26(10-12-30-23)21(27)20-3-2-11-29-20/h2-9,11,13H,10,12,14H2,1H3/t23-/m1/s1. The Morgan fingerprint density at radius 2 is 1.97 bits per heavy atom. The van der Waals surface area contributed by atoms with Gasteiger partial charge < -0.3 is 9.80 Å². The summed E-state index contributed by atoms with van der Waals surface area (Å²) in [5.74, 6) is 0.165. The van der Waals surface area contributed by atoms with E-state index in [1.54, 1.807) is 28.0 Å². The van der Waals surface area contributed by atoms with Crippen molar-refractivity contribution in [2.45, 2.75) is 18.3 Å². The molecule has 3 heterocycles. The molecular formula is C23H19FN2O2S2. The molecule has 1 saturated heterocycles. The average molecular weight is 439 g/mol. The van der Waals surface area contributed by atoms with Gasteiger partial charge in [0, 0.05) is 17.9 Å². The van der Waals surface area contributed by atoms with Gasteiger partial charge in [0.1, 0.15) is 5.82 Å². The molecule has 2 aliphatic rings. The van der Waals surface area contributed by atoms with Gasteiger partial charge in [-0.1, -0.05) is 35.9 Å². The van der Waals surface area contributed by atoms with Crippen molar-refractivity contribution < 1.29 is 14.0 Å². The van der Waals surface area contributed by atoms with Crippen LogP contribution in [0.1, 0.15) is 26.4 Å². The first-order valence-electron chi connectivity index (χ1n) is 9.68. The maximum atomic E-state index is 13.9. The fourth-order valence-electron chi connectivity index (χ4n) is 4.19. The molecule has 3 aromatic rings. The first-order chi connectivity index (χ1) is 14.5. The molecule has 5 rings (SSSR count). The molecule has 152 valence electrons. The van der Waals surface area contributed by atoms with E-state index in [4.69, 9.17) is 0 Å². The highest BCUT2D eigenvalue weighted by Crippen LogP contribution is 2.55. The summed E-state index contributed by atoms with van der Waals surface area (Å²) >= 11 is 2.91. The summed E-state index contributed by atoms with van der Waals surface area (Å²) in [5, 5.41) is 1.87. The number of amides is 2. The van der Waals surface area contributed by atoms with Gasteiger partial charge in [0.15, 0.2) is 4.87 Å². The van der Waals surface area contributed by atoms with E-state index >= 15 is 0 Å². The molecule has 0 aliphatic carbocycles. The van der Waals surface area contributed by atoms with Gasteiger partial charge in [-0.3, -0.25) is 9.59 Å². The molecule has 0 N–H and O–H groups in total. The lowest BCUT2D eigenvalue weighted by atomic mass is 10.0. The highest BCUT2D eigenvalue weighted by atomic mass is 32.2. The molecule has 2 aliphatic heterocycles. The van der Waals surface area contributed by atoms with Crippen LogP contribution in [0.15, 0.2) is 60.0 Å². The van der Waals surface area contributed by atoms with E-state index in [1.165, 1.54) is 35.2 Å². The molecule has 2 amide bonds. The van der Waals surface area contributed by atoms with Crippen molar-refractivity contribution in [2.24, 2.45) is 0 Å². The molecule has 2 aromatic carbocycles. The number of nitrogens with zero attached hydrogens (tertiary/aromatic N) is 2. The Morgan fingerprint density at radius 1 is 1.17 bits per heavy atom. The van der Waals surface area contributed by atoms with E-state index in [1.807, 2.05) is 36.6 Å². The van der Waals surface area contributed by atoms with Crippen LogP contribution >= 0.6 is 23.1 Å². The number of carbonyl (C=O) groups excluding carboxylic acids is 2. The number of hydrogen-bond donors (Lipinski definition) is 0. The minimum Gasteiger partial charge on any atom is -0.310 e. The molecule has 0 saturated carbocycles. The predicted molar refractivity (Wildman–Crippen MR) is 118 cm³/mol. The van der Waals surface area contributed by atoms with Crippen molar-refractivity contribution in [1.82, 2.24) is 4.90 Å². The van der Waals surface area contributed by atoms with Crippen molar-refractivity contribution in [3.05, 3.63) is 87.4 Å². The number of thiophene rings is 1. The van der Waals surface area contributed by atoms with Crippen molar-refractivity contribution in [3.8, 4) is 0 Å². The molecule has 1 fully saturated rings. The van der Waals surface area contributed by atoms with Crippen LogP contribution in [-0.2, 0) is 16.2 Å². The molecule has 0 bridgehead atoms. The Morgan fingerprint density at radius 3 is 2.70 bits per heavy atom. The number of anilines is 1. The third kappa shape index (κ3) is 2.87. The summed E-state index contributed by atoms with van der Waals surface area (Å²) in [7, 11) is 0. The second-order valence-electron chi connectivity index (χ2n) is 7.46. The van der Waals surface area contributed by atoms with Crippen molar-refractivity contribution >= 4 is 40.6 Å². The van der Waals surface area contributed by atoms with Crippen LogP contribution in [0.3, 0.4) is 0 Å². The Hall–Kier alpha value is -2.64. The molecule has 30 heavy (non-hydrogen) atoms. The highest BCUT2D eigenvalue weighted by Gasteiger charge is 2.59. The lowest BCUT2D eigenvalue weighted by Crippen LogP contribution is -2.50. The summed E-state index contributed by atoms with van der Waals surface area (Å²) in [6.07, 6.45) is 0. The molecule has 1 aromatic heterocycles. The maximum absolute atomic E-state index is 13.9. The van der Waals surface area contributed by atoms with Crippen molar-refractivity contribution in [2.75, 3.05) is 17.2 Å². The van der Waals surface area contributed by atoms with Crippen LogP contribution in [0, 0.1) is 12.7 Å². The van der Waals surface area contributed by atoms with Crippen LogP contribution in [0.2, 0.25) is 0 Å². The Kier molecular flexibility index (Phi) is 4.67. The number of carbonyl (C=O) groups is 2. The SMILES string of the molecule is Cc1ccc2c(c1)[C@@]1(SCCN1C(=O)c1cccs1)C(=O)N2Cc1ccc(F)cc1. The number of benzene rings is 2. The number of thioether (sulfide) groups is 1. The monoisotopic (exact) mass is 438 g/mol. The number of hydrogen-bond acceptors (Lipinski definition) is 4. The van der Waals surface area contributed by atoms with E-state index in [2.05, 4.69) is 0 Å². The normalized spacial score (nSPS) is 20.3. The quantitative estimate of drug-likeness (QED) is 0.591. The van der Waals surface area contributed by atoms with E-state index in [0.717, 1.165) is 22.4 Å². The first-order valence-corrected chi connectivity index (χ1v) is 11.5. The van der Waals surface area contributed by atoms with E-state index in [0.29, 0.717) is 23.7 Å². The van der Waals surface area contributed by atoms with E-state index < -0.39 is 4.87 Å². The van der Waals surface area contributed by atoms with Crippen LogP contribution in [-0.4, -0.2) is 29.0 Å². The molecule has 7 heteroatoms. The second-order valence-corrected chi connectivity index (χ2v) is 9.70. The third-order valence-corrected chi connectivity index (χ3v) is 7.86. The Balaban J connectivity index is 1.60. The summed E-state index contributed by atoms with van der Waals surface area (Å²) in [6, 6.07) is 15.8. The summed E-state index contributed by atoms with van der Waals surface area (Å²) < 4.78 is 13.3. The molecule has 0 radical (unpaired) electrons. The summed E-state index contributed by atoms with van der Waals surface area (Å²) in [6.45, 7) is 2.84. The van der Waals surface area contributed by atoms with Crippen LogP contribution in [0.4, 0.5) is 10.1 Å². The van der Waals surface area contributed by atoms with Gasteiger partial charge in [-0.05, 0) is 42.1 Å². The maximum Gasteiger partial charge on any atom is 0.268 e. The highest BCUT2D eigenvalue weighted by molar-refractivity contribution is 8.01. The van der Waals surface area contributed by atoms with Gasteiger partial charge in [0.25, 0.3) is 11.8 Å². The number of aryl methyl sites for hydroxylation is 1. The minimum absolute atomic E-state index is 0.111. The summed E-state index contributed by atoms with van der Waals surface area (Å²) in [5.41, 5.74) is 3.56. The van der Waals surface area contributed by atoms with E-state index in [-0.39, 0.29) is 17.6 Å². The number of halogens is 1. The Labute approximate surface area is 182 Å². The lowest BCUT2D eigenvalue weighted by Gasteiger charge is -2.33. The number of rotatable bonds is 3. The van der Waals surface area contributed by atoms with Gasteiger partial charge >= 0.3 is 0 Å². The smallest absolute Gasteiger partial charge is 0.268 e. The minimum atomic E-state index is -1.05. The molecular weight excluding hydrogens is 419 g/mol. The van der Waals surface area contributed by atoms with Gasteiger partial charge in [0.2, 0.25) is 0 Å². The second kappa shape index (κ2) is 7.25. The zero-order valence-electron chi connectivity index (χ0n) is 16.3. The zero-order valence-corrected chi connectivity index (χ0v) is 17.9. The van der Waals surface area contributed by atoms with Gasteiger partial charge in [0.05, 0.1) is 17.1 Å². The van der Waals surface area contributed by atoms with Gasteiger partial charge in [-0.15, -0.1) is 23.1 Å². The molecule has 1 atom stereocenters. The topological polar surface area (TPSA) is 40.6 Å². The van der Waals surface area contributed by atoms with Crippen LogP contribution in [0.25, 0.3) is 0 Å². The largest absolute Gasteiger partial charge is 0.310 e. The predicted octanol–water partition coefficient (Wildman–Crippen LogP) is 4.78. The fraction of sp³-hybridized carbons (Fsp3) is 0.217. The molecule has 0 unspecified atom stereocenters. The number of fused-ring (bicyclic) bond motifs is 2. The third-order valence-electron chi connectivity index (χ3n) is 5.58. The Bertz CT molecular complexity index is 1130. The first kappa shape index (κ1) is 19.3. The van der Waals surface area contributed by atoms with Crippen molar-refractivity contribution in [1.29, 1.82) is 0 Å². The van der Waals surface area contributed by atoms with Crippen molar-refractivity contribution in [3.63, 3.8) is 0 Å². The van der Waals surface area contributed by atoms with Gasteiger partial charge in [-0.2, -0.15) is 0 Å². The molecule has 1 spiro atoms. The summed E-state index contributed by atoms with van der Waals surface area (Å²) in [4.78, 5) is 30.3. The van der Waals surface area contributed by atoms with Gasteiger partial charge in [-0.25, -0.2) is 4.39 Å². The molecule has 4 nitrogen and oxygen atoms in total. The fourth-order valence-corrected chi connectivity index (χ4v) is 6.32. The van der Waals surface area contributed by atoms with Crippen LogP contribution < -0.4 is 4.90 Å². The zero-order chi connectivity index (χ0) is 20.9. The van der Waals surface area contributed by atoms with E-state index in [9.17, 15) is 14.0 Å². The van der Waals surface area contributed by atoms with Crippen LogP contribution in [0.5, 0.6) is 0 Å². The average Bonchev–Trinajstić information content (AvgIpc) is 3.47.